The van der Waals surface area contributed by atoms with Gasteiger partial charge >= 0.3 is 0 Å². The fraction of sp³-hybridized carbons (Fsp3) is 0.105. The predicted molar refractivity (Wildman–Crippen MR) is 102 cm³/mol. The largest absolute Gasteiger partial charge is 0.360 e. The van der Waals surface area contributed by atoms with Crippen LogP contribution in [0, 0.1) is 0 Å². The van der Waals surface area contributed by atoms with Crippen LogP contribution in [0.1, 0.15) is 21.4 Å². The lowest BCUT2D eigenvalue weighted by Crippen LogP contribution is -2.42. The van der Waals surface area contributed by atoms with Crippen molar-refractivity contribution in [3.8, 4) is 0 Å². The average Bonchev–Trinajstić information content (AvgIpc) is 3.11. The summed E-state index contributed by atoms with van der Waals surface area (Å²) in [7, 11) is 0. The number of carbonyl (C=O) groups excluding carboxylic acids is 1. The number of fused-ring (bicyclic) bond motifs is 1. The molecule has 3 nitrogen and oxygen atoms in total. The minimum absolute atomic E-state index is 0.0275. The maximum absolute atomic E-state index is 13.2. The number of hydrogen-bond acceptors (Lipinski definition) is 4. The number of carbonyl (C=O) groups is 1. The second-order valence-corrected chi connectivity index (χ2v) is 7.69. The molecule has 1 atom stereocenters. The minimum atomic E-state index is -0.194. The molecule has 0 radical (unpaired) electrons. The number of para-hydroxylation sites is 2. The van der Waals surface area contributed by atoms with Crippen molar-refractivity contribution >= 4 is 40.4 Å². The topological polar surface area (TPSA) is 32.3 Å². The summed E-state index contributed by atoms with van der Waals surface area (Å²) in [4.78, 5) is 16.1. The maximum atomic E-state index is 13.2. The van der Waals surface area contributed by atoms with Crippen molar-refractivity contribution in [1.82, 2.24) is 0 Å². The number of rotatable bonds is 3. The molecule has 1 amide bonds. The number of nitrogens with one attached hydrogen (secondary N) is 1. The fourth-order valence-electron chi connectivity index (χ4n) is 2.90. The van der Waals surface area contributed by atoms with Gasteiger partial charge in [-0.05, 0) is 42.7 Å². The Balaban J connectivity index is 1.84. The third-order valence-electron chi connectivity index (χ3n) is 4.03. The second kappa shape index (κ2) is 6.34. The molecule has 1 aliphatic heterocycles. The first-order valence-corrected chi connectivity index (χ1v) is 9.70. The Bertz CT molecular complexity index is 876. The Morgan fingerprint density at radius 2 is 1.75 bits per heavy atom. The predicted octanol–water partition coefficient (Wildman–Crippen LogP) is 5.24. The Morgan fingerprint density at radius 3 is 2.50 bits per heavy atom. The highest BCUT2D eigenvalue weighted by molar-refractivity contribution is 8.00. The van der Waals surface area contributed by atoms with Gasteiger partial charge in [0.2, 0.25) is 0 Å². The molecule has 4 rings (SSSR count). The van der Waals surface area contributed by atoms with Gasteiger partial charge in [0.15, 0.2) is 0 Å². The van der Waals surface area contributed by atoms with Crippen LogP contribution in [0.15, 0.2) is 70.9 Å². The molecule has 5 heteroatoms. The molecule has 1 unspecified atom stereocenters. The molecular formula is C19H16N2OS2. The van der Waals surface area contributed by atoms with E-state index in [1.54, 1.807) is 23.1 Å². The average molecular weight is 352 g/mol. The summed E-state index contributed by atoms with van der Waals surface area (Å²) in [6, 6.07) is 21.7. The van der Waals surface area contributed by atoms with Crippen molar-refractivity contribution in [2.75, 3.05) is 16.5 Å². The summed E-state index contributed by atoms with van der Waals surface area (Å²) < 4.78 is 1.24. The molecule has 120 valence electrons. The standard InChI is InChI=1S/C19H16N2OS2/c1-23-17-12-11-16(24-17)18-20-15-10-6-5-9-14(15)19(22)21(18)13-7-3-2-4-8-13/h2-12,18,20H,1H3. The maximum Gasteiger partial charge on any atom is 0.262 e. The van der Waals surface area contributed by atoms with E-state index in [2.05, 4.69) is 23.7 Å². The number of hydrogen-bond donors (Lipinski definition) is 1. The zero-order chi connectivity index (χ0) is 16.5. The van der Waals surface area contributed by atoms with Gasteiger partial charge in [-0.25, -0.2) is 0 Å². The van der Waals surface area contributed by atoms with Gasteiger partial charge in [0, 0.05) is 16.3 Å². The molecule has 0 spiro atoms. The lowest BCUT2D eigenvalue weighted by atomic mass is 10.1. The molecule has 3 aromatic rings. The van der Waals surface area contributed by atoms with E-state index < -0.39 is 0 Å². The van der Waals surface area contributed by atoms with E-state index in [1.165, 1.54) is 4.21 Å². The van der Waals surface area contributed by atoms with Gasteiger partial charge in [0.25, 0.3) is 5.91 Å². The number of thiophene rings is 1. The van der Waals surface area contributed by atoms with E-state index in [-0.39, 0.29) is 12.1 Å². The van der Waals surface area contributed by atoms with Crippen molar-refractivity contribution in [1.29, 1.82) is 0 Å². The molecule has 0 saturated heterocycles. The molecule has 0 aliphatic carbocycles. The van der Waals surface area contributed by atoms with E-state index in [0.29, 0.717) is 5.56 Å². The van der Waals surface area contributed by atoms with Crippen LogP contribution in [0.5, 0.6) is 0 Å². The number of amides is 1. The van der Waals surface area contributed by atoms with Crippen molar-refractivity contribution in [3.63, 3.8) is 0 Å². The zero-order valence-corrected chi connectivity index (χ0v) is 14.7. The zero-order valence-electron chi connectivity index (χ0n) is 13.1. The van der Waals surface area contributed by atoms with Crippen molar-refractivity contribution in [3.05, 3.63) is 77.2 Å². The van der Waals surface area contributed by atoms with Crippen LogP contribution in [0.25, 0.3) is 0 Å². The van der Waals surface area contributed by atoms with Gasteiger partial charge in [-0.1, -0.05) is 30.3 Å². The lowest BCUT2D eigenvalue weighted by Gasteiger charge is -2.37. The number of anilines is 2. The normalized spacial score (nSPS) is 16.6. The first-order chi connectivity index (χ1) is 11.8. The molecule has 24 heavy (non-hydrogen) atoms. The van der Waals surface area contributed by atoms with E-state index >= 15 is 0 Å². The van der Waals surface area contributed by atoms with Crippen molar-refractivity contribution in [2.45, 2.75) is 10.4 Å². The van der Waals surface area contributed by atoms with Crippen LogP contribution in [0.2, 0.25) is 0 Å². The summed E-state index contributed by atoms with van der Waals surface area (Å²) in [6.45, 7) is 0. The van der Waals surface area contributed by atoms with Gasteiger partial charge in [-0.2, -0.15) is 0 Å². The van der Waals surface area contributed by atoms with E-state index in [0.717, 1.165) is 16.3 Å². The smallest absolute Gasteiger partial charge is 0.262 e. The third-order valence-corrected chi connectivity index (χ3v) is 6.25. The first-order valence-electron chi connectivity index (χ1n) is 7.66. The van der Waals surface area contributed by atoms with Crippen molar-refractivity contribution < 1.29 is 4.79 Å². The highest BCUT2D eigenvalue weighted by atomic mass is 32.2. The quantitative estimate of drug-likeness (QED) is 0.654. The highest BCUT2D eigenvalue weighted by Gasteiger charge is 2.34. The molecule has 0 bridgehead atoms. The van der Waals surface area contributed by atoms with Gasteiger partial charge in [-0.15, -0.1) is 23.1 Å². The summed E-state index contributed by atoms with van der Waals surface area (Å²) in [6.07, 6.45) is 1.87. The van der Waals surface area contributed by atoms with Crippen LogP contribution in [-0.4, -0.2) is 12.2 Å². The molecule has 0 saturated carbocycles. The monoisotopic (exact) mass is 352 g/mol. The Labute approximate surface area is 149 Å². The van der Waals surface area contributed by atoms with Crippen molar-refractivity contribution in [2.24, 2.45) is 0 Å². The minimum Gasteiger partial charge on any atom is -0.360 e. The summed E-state index contributed by atoms with van der Waals surface area (Å²) in [5.41, 5.74) is 2.49. The molecule has 1 aromatic heterocycles. The molecule has 1 N–H and O–H groups in total. The SMILES string of the molecule is CSc1ccc(C2Nc3ccccc3C(=O)N2c2ccccc2)s1. The highest BCUT2D eigenvalue weighted by Crippen LogP contribution is 2.39. The Morgan fingerprint density at radius 1 is 1.00 bits per heavy atom. The molecule has 2 aromatic carbocycles. The number of thioether (sulfide) groups is 1. The lowest BCUT2D eigenvalue weighted by molar-refractivity contribution is 0.0975. The van der Waals surface area contributed by atoms with Gasteiger partial charge in [0.05, 0.1) is 9.77 Å². The number of nitrogens with zero attached hydrogens (tertiary/aromatic N) is 1. The van der Waals surface area contributed by atoms with Gasteiger partial charge in [-0.3, -0.25) is 9.69 Å². The van der Waals surface area contributed by atoms with Gasteiger partial charge < -0.3 is 5.32 Å². The van der Waals surface area contributed by atoms with Crippen LogP contribution in [0.3, 0.4) is 0 Å². The van der Waals surface area contributed by atoms with Crippen LogP contribution < -0.4 is 10.2 Å². The third kappa shape index (κ3) is 2.60. The summed E-state index contributed by atoms with van der Waals surface area (Å²) in [5, 5.41) is 3.54. The number of benzene rings is 2. The molecule has 1 aliphatic rings. The van der Waals surface area contributed by atoms with Crippen LogP contribution in [0.4, 0.5) is 11.4 Å². The first kappa shape index (κ1) is 15.3. The van der Waals surface area contributed by atoms with E-state index in [9.17, 15) is 4.79 Å². The summed E-state index contributed by atoms with van der Waals surface area (Å²) in [5.74, 6) is 0.0275. The second-order valence-electron chi connectivity index (χ2n) is 5.46. The molecular weight excluding hydrogens is 336 g/mol. The molecule has 0 fully saturated rings. The van der Waals surface area contributed by atoms with Crippen LogP contribution >= 0.6 is 23.1 Å². The Kier molecular flexibility index (Phi) is 4.04. The molecule has 2 heterocycles. The van der Waals surface area contributed by atoms with Gasteiger partial charge in [0.1, 0.15) is 6.17 Å². The fourth-order valence-corrected chi connectivity index (χ4v) is 4.51. The summed E-state index contributed by atoms with van der Waals surface area (Å²) >= 11 is 3.45. The van der Waals surface area contributed by atoms with E-state index in [4.69, 9.17) is 0 Å². The van der Waals surface area contributed by atoms with Crippen LogP contribution in [-0.2, 0) is 0 Å². The Hall–Kier alpha value is -2.24. The van der Waals surface area contributed by atoms with E-state index in [1.807, 2.05) is 59.5 Å².